The number of aryl methyl sites for hydroxylation is 2. The van der Waals surface area contributed by atoms with Crippen LogP contribution < -0.4 is 4.72 Å². The Hall–Kier alpha value is -1.37. The van der Waals surface area contributed by atoms with Crippen LogP contribution >= 0.6 is 11.3 Å². The summed E-state index contributed by atoms with van der Waals surface area (Å²) in [6, 6.07) is 8.75. The van der Waals surface area contributed by atoms with Gasteiger partial charge in [-0.3, -0.25) is 4.72 Å². The van der Waals surface area contributed by atoms with Crippen molar-refractivity contribution in [2.24, 2.45) is 0 Å². The molecule has 1 aromatic carbocycles. The fraction of sp³-hybridized carbons (Fsp3) is 0.231. The monoisotopic (exact) mass is 297 g/mol. The Morgan fingerprint density at radius 3 is 2.58 bits per heavy atom. The summed E-state index contributed by atoms with van der Waals surface area (Å²) in [5.74, 6) is 0. The molecule has 1 aromatic heterocycles. The van der Waals surface area contributed by atoms with E-state index in [-0.39, 0.29) is 10.8 Å². The van der Waals surface area contributed by atoms with E-state index >= 15 is 0 Å². The molecule has 2 rings (SSSR count). The normalized spacial score (nSPS) is 11.5. The van der Waals surface area contributed by atoms with Crippen molar-refractivity contribution in [2.75, 3.05) is 4.72 Å². The molecule has 0 radical (unpaired) electrons. The number of thiophene rings is 1. The summed E-state index contributed by atoms with van der Waals surface area (Å²) in [5.41, 5.74) is 2.31. The van der Waals surface area contributed by atoms with Crippen molar-refractivity contribution in [1.82, 2.24) is 0 Å². The van der Waals surface area contributed by atoms with E-state index in [0.717, 1.165) is 22.5 Å². The number of hydrogen-bond acceptors (Lipinski definition) is 4. The minimum absolute atomic E-state index is 0.142. The second-order valence-corrected chi connectivity index (χ2v) is 7.35. The topological polar surface area (TPSA) is 66.4 Å². The molecule has 0 spiro atoms. The van der Waals surface area contributed by atoms with Crippen LogP contribution in [0.5, 0.6) is 0 Å². The van der Waals surface area contributed by atoms with Gasteiger partial charge in [-0.05, 0) is 43.2 Å². The predicted octanol–water partition coefficient (Wildman–Crippen LogP) is 2.66. The lowest BCUT2D eigenvalue weighted by Crippen LogP contribution is -2.11. The Morgan fingerprint density at radius 1 is 1.26 bits per heavy atom. The molecule has 0 saturated carbocycles. The first kappa shape index (κ1) is 14.0. The Morgan fingerprint density at radius 2 is 2.00 bits per heavy atom. The summed E-state index contributed by atoms with van der Waals surface area (Å²) >= 11 is 1.09. The molecule has 0 aliphatic rings. The van der Waals surface area contributed by atoms with Crippen molar-refractivity contribution in [2.45, 2.75) is 24.7 Å². The molecule has 0 fully saturated rings. The largest absolute Gasteiger partial charge is 0.391 e. The summed E-state index contributed by atoms with van der Waals surface area (Å²) in [4.78, 5) is 0.671. The van der Waals surface area contributed by atoms with Gasteiger partial charge < -0.3 is 5.11 Å². The average molecular weight is 297 g/mol. The lowest BCUT2D eigenvalue weighted by atomic mass is 10.2. The van der Waals surface area contributed by atoms with Crippen LogP contribution in [0.15, 0.2) is 34.5 Å². The zero-order valence-corrected chi connectivity index (χ0v) is 12.3. The summed E-state index contributed by atoms with van der Waals surface area (Å²) in [6.45, 7) is 3.54. The van der Waals surface area contributed by atoms with E-state index in [1.807, 2.05) is 13.0 Å². The van der Waals surface area contributed by atoms with E-state index in [1.54, 1.807) is 31.2 Å². The Balaban J connectivity index is 2.32. The van der Waals surface area contributed by atoms with Gasteiger partial charge >= 0.3 is 0 Å². The van der Waals surface area contributed by atoms with Crippen molar-refractivity contribution in [3.8, 4) is 0 Å². The van der Waals surface area contributed by atoms with Crippen molar-refractivity contribution in [1.29, 1.82) is 0 Å². The van der Waals surface area contributed by atoms with E-state index in [0.29, 0.717) is 10.6 Å². The molecule has 0 aliphatic heterocycles. The number of benzene rings is 1. The minimum Gasteiger partial charge on any atom is -0.391 e. The fourth-order valence-corrected chi connectivity index (χ4v) is 4.19. The maximum absolute atomic E-state index is 12.2. The van der Waals surface area contributed by atoms with Gasteiger partial charge in [0.25, 0.3) is 10.0 Å². The van der Waals surface area contributed by atoms with E-state index in [9.17, 15) is 8.42 Å². The molecule has 102 valence electrons. The quantitative estimate of drug-likeness (QED) is 0.911. The van der Waals surface area contributed by atoms with Gasteiger partial charge in [-0.1, -0.05) is 12.1 Å². The van der Waals surface area contributed by atoms with Crippen molar-refractivity contribution in [3.05, 3.63) is 46.3 Å². The van der Waals surface area contributed by atoms with E-state index < -0.39 is 10.0 Å². The zero-order valence-electron chi connectivity index (χ0n) is 10.7. The highest BCUT2D eigenvalue weighted by Crippen LogP contribution is 2.27. The van der Waals surface area contributed by atoms with Crippen LogP contribution in [-0.4, -0.2) is 13.5 Å². The first-order valence-electron chi connectivity index (χ1n) is 5.72. The average Bonchev–Trinajstić information content (AvgIpc) is 2.71. The van der Waals surface area contributed by atoms with Gasteiger partial charge in [0.15, 0.2) is 0 Å². The lowest BCUT2D eigenvalue weighted by molar-refractivity contribution is 0.285. The number of aliphatic hydroxyl groups is 1. The Labute approximate surface area is 116 Å². The van der Waals surface area contributed by atoms with Crippen molar-refractivity contribution in [3.63, 3.8) is 0 Å². The lowest BCUT2D eigenvalue weighted by Gasteiger charge is -2.06. The molecule has 4 nitrogen and oxygen atoms in total. The summed E-state index contributed by atoms with van der Waals surface area (Å²) in [6.07, 6.45) is 0. The molecule has 6 heteroatoms. The highest BCUT2D eigenvalue weighted by atomic mass is 32.2. The number of rotatable bonds is 4. The molecule has 2 N–H and O–H groups in total. The van der Waals surface area contributed by atoms with Gasteiger partial charge in [-0.25, -0.2) is 8.42 Å². The molecule has 0 saturated heterocycles. The van der Waals surface area contributed by atoms with Gasteiger partial charge in [-0.2, -0.15) is 0 Å². The van der Waals surface area contributed by atoms with Crippen LogP contribution in [0.2, 0.25) is 0 Å². The molecule has 1 heterocycles. The second-order valence-electron chi connectivity index (χ2n) is 4.30. The van der Waals surface area contributed by atoms with Gasteiger partial charge in [0.05, 0.1) is 6.61 Å². The third-order valence-electron chi connectivity index (χ3n) is 2.68. The third kappa shape index (κ3) is 3.15. The van der Waals surface area contributed by atoms with Crippen LogP contribution in [-0.2, 0) is 16.6 Å². The van der Waals surface area contributed by atoms with E-state index in [2.05, 4.69) is 4.72 Å². The maximum atomic E-state index is 12.2. The molecular formula is C13H15NO3S2. The first-order valence-corrected chi connectivity index (χ1v) is 8.02. The molecular weight excluding hydrogens is 282 g/mol. The van der Waals surface area contributed by atoms with E-state index in [1.165, 1.54) is 0 Å². The molecule has 0 unspecified atom stereocenters. The molecule has 19 heavy (non-hydrogen) atoms. The third-order valence-corrected chi connectivity index (χ3v) is 5.75. The molecule has 0 bridgehead atoms. The number of sulfonamides is 1. The number of nitrogens with one attached hydrogen (secondary N) is 1. The van der Waals surface area contributed by atoms with Crippen LogP contribution in [0.4, 0.5) is 5.69 Å². The van der Waals surface area contributed by atoms with Gasteiger partial charge in [0.2, 0.25) is 0 Å². The highest BCUT2D eigenvalue weighted by molar-refractivity contribution is 7.94. The minimum atomic E-state index is -3.58. The SMILES string of the molecule is Cc1cccc(NS(=O)(=O)c2cc(C)c(CO)s2)c1. The highest BCUT2D eigenvalue weighted by Gasteiger charge is 2.18. The predicted molar refractivity (Wildman–Crippen MR) is 77.0 cm³/mol. The zero-order chi connectivity index (χ0) is 14.0. The van der Waals surface area contributed by atoms with Crippen LogP contribution in [0.25, 0.3) is 0 Å². The standard InChI is InChI=1S/C13H15NO3S2/c1-9-4-3-5-11(6-9)14-19(16,17)13-7-10(2)12(8-15)18-13/h3-7,14-15H,8H2,1-2H3. The van der Waals surface area contributed by atoms with Crippen LogP contribution in [0.3, 0.4) is 0 Å². The number of aliphatic hydroxyl groups excluding tert-OH is 1. The molecule has 2 aromatic rings. The maximum Gasteiger partial charge on any atom is 0.271 e. The number of hydrogen-bond donors (Lipinski definition) is 2. The Bertz CT molecular complexity index is 690. The number of anilines is 1. The van der Waals surface area contributed by atoms with Crippen molar-refractivity contribution >= 4 is 27.0 Å². The molecule has 0 aliphatic carbocycles. The molecule has 0 amide bonds. The Kier molecular flexibility index (Phi) is 3.93. The summed E-state index contributed by atoms with van der Waals surface area (Å²) < 4.78 is 27.2. The van der Waals surface area contributed by atoms with Gasteiger partial charge in [-0.15, -0.1) is 11.3 Å². The smallest absolute Gasteiger partial charge is 0.271 e. The fourth-order valence-electron chi connectivity index (χ4n) is 1.69. The second kappa shape index (κ2) is 5.32. The van der Waals surface area contributed by atoms with Gasteiger partial charge in [0.1, 0.15) is 4.21 Å². The van der Waals surface area contributed by atoms with Crippen LogP contribution in [0.1, 0.15) is 16.0 Å². The molecule has 0 atom stereocenters. The van der Waals surface area contributed by atoms with Crippen LogP contribution in [0, 0.1) is 13.8 Å². The summed E-state index contributed by atoms with van der Waals surface area (Å²) in [7, 11) is -3.58. The summed E-state index contributed by atoms with van der Waals surface area (Å²) in [5, 5.41) is 9.12. The van der Waals surface area contributed by atoms with Crippen molar-refractivity contribution < 1.29 is 13.5 Å². The van der Waals surface area contributed by atoms with E-state index in [4.69, 9.17) is 5.11 Å². The van der Waals surface area contributed by atoms with Gasteiger partial charge in [0, 0.05) is 10.6 Å². The first-order chi connectivity index (χ1) is 8.92.